The molecule has 23 heavy (non-hydrogen) atoms. The molecule has 2 aromatic rings. The molecule has 0 saturated carbocycles. The van der Waals surface area contributed by atoms with Crippen LogP contribution in [0.3, 0.4) is 0 Å². The minimum absolute atomic E-state index is 0. The van der Waals surface area contributed by atoms with Gasteiger partial charge in [-0.1, -0.05) is 29.8 Å². The van der Waals surface area contributed by atoms with Crippen LogP contribution in [0.25, 0.3) is 0 Å². The number of rotatable bonds is 6. The first-order valence-electron chi connectivity index (χ1n) is 7.37. The van der Waals surface area contributed by atoms with E-state index in [1.165, 1.54) is 10.4 Å². The van der Waals surface area contributed by atoms with Gasteiger partial charge < -0.3 is 10.2 Å². The van der Waals surface area contributed by atoms with E-state index < -0.39 is 0 Å². The van der Waals surface area contributed by atoms with Gasteiger partial charge in [-0.05, 0) is 42.0 Å². The fourth-order valence-electron chi connectivity index (χ4n) is 2.19. The van der Waals surface area contributed by atoms with Crippen LogP contribution in [0.2, 0.25) is 5.02 Å². The standard InChI is InChI=1S/C17H22ClN3S.HI/c1-19-17(21(2)12-10-16-4-3-13-22-16)20-11-9-14-5-7-15(18)8-6-14;/h3-8,13H,9-12H2,1-2H3,(H,19,20);1H. The Morgan fingerprint density at radius 1 is 1.22 bits per heavy atom. The number of halogens is 2. The van der Waals surface area contributed by atoms with Crippen molar-refractivity contribution in [1.82, 2.24) is 10.2 Å². The van der Waals surface area contributed by atoms with Crippen molar-refractivity contribution in [3.05, 3.63) is 57.2 Å². The van der Waals surface area contributed by atoms with Crippen molar-refractivity contribution in [2.45, 2.75) is 12.8 Å². The number of guanidine groups is 1. The molecule has 1 aromatic heterocycles. The highest BCUT2D eigenvalue weighted by molar-refractivity contribution is 14.0. The Balaban J connectivity index is 0.00000264. The van der Waals surface area contributed by atoms with E-state index in [9.17, 15) is 0 Å². The molecule has 3 nitrogen and oxygen atoms in total. The van der Waals surface area contributed by atoms with E-state index in [0.717, 1.165) is 36.9 Å². The lowest BCUT2D eigenvalue weighted by Crippen LogP contribution is -2.40. The van der Waals surface area contributed by atoms with E-state index >= 15 is 0 Å². The summed E-state index contributed by atoms with van der Waals surface area (Å²) in [7, 11) is 3.90. The molecule has 0 aliphatic rings. The number of aliphatic imine (C=N–C) groups is 1. The first-order chi connectivity index (χ1) is 10.7. The number of nitrogens with one attached hydrogen (secondary N) is 1. The topological polar surface area (TPSA) is 27.6 Å². The molecule has 1 N–H and O–H groups in total. The number of nitrogens with zero attached hydrogens (tertiary/aromatic N) is 2. The van der Waals surface area contributed by atoms with Gasteiger partial charge >= 0.3 is 0 Å². The second kappa shape index (κ2) is 10.9. The van der Waals surface area contributed by atoms with Gasteiger partial charge in [0.2, 0.25) is 0 Å². The summed E-state index contributed by atoms with van der Waals surface area (Å²) in [5, 5.41) is 6.31. The number of thiophene rings is 1. The lowest BCUT2D eigenvalue weighted by atomic mass is 10.1. The van der Waals surface area contributed by atoms with Gasteiger partial charge in [0.1, 0.15) is 0 Å². The van der Waals surface area contributed by atoms with Crippen LogP contribution in [0.5, 0.6) is 0 Å². The Labute approximate surface area is 164 Å². The Hall–Kier alpha value is -0.790. The minimum atomic E-state index is 0. The van der Waals surface area contributed by atoms with Crippen molar-refractivity contribution in [3.8, 4) is 0 Å². The van der Waals surface area contributed by atoms with E-state index in [0.29, 0.717) is 0 Å². The molecule has 0 radical (unpaired) electrons. The van der Waals surface area contributed by atoms with Crippen molar-refractivity contribution in [1.29, 1.82) is 0 Å². The summed E-state index contributed by atoms with van der Waals surface area (Å²) < 4.78 is 0. The Kier molecular flexibility index (Phi) is 9.59. The summed E-state index contributed by atoms with van der Waals surface area (Å²) in [5.41, 5.74) is 1.27. The van der Waals surface area contributed by atoms with Crippen molar-refractivity contribution >= 4 is 52.9 Å². The Morgan fingerprint density at radius 2 is 1.96 bits per heavy atom. The number of likely N-dealkylation sites (N-methyl/N-ethyl adjacent to an activating group) is 1. The maximum Gasteiger partial charge on any atom is 0.193 e. The molecule has 0 spiro atoms. The first kappa shape index (κ1) is 20.3. The van der Waals surface area contributed by atoms with Crippen molar-refractivity contribution in [3.63, 3.8) is 0 Å². The second-order valence-corrected chi connectivity index (χ2v) is 6.57. The SMILES string of the molecule is CN=C(NCCc1ccc(Cl)cc1)N(C)CCc1cccs1.I. The van der Waals surface area contributed by atoms with Crippen LogP contribution < -0.4 is 5.32 Å². The quantitative estimate of drug-likeness (QED) is 0.393. The molecule has 0 fully saturated rings. The lowest BCUT2D eigenvalue weighted by Gasteiger charge is -2.21. The average Bonchev–Trinajstić information content (AvgIpc) is 3.04. The van der Waals surface area contributed by atoms with E-state index in [1.54, 1.807) is 11.3 Å². The van der Waals surface area contributed by atoms with Crippen LogP contribution >= 0.6 is 46.9 Å². The van der Waals surface area contributed by atoms with Gasteiger partial charge in [0.25, 0.3) is 0 Å². The summed E-state index contributed by atoms with van der Waals surface area (Å²) in [6.07, 6.45) is 2.00. The van der Waals surface area contributed by atoms with E-state index in [-0.39, 0.29) is 24.0 Å². The highest BCUT2D eigenvalue weighted by atomic mass is 127. The normalized spacial score (nSPS) is 11.0. The largest absolute Gasteiger partial charge is 0.356 e. The van der Waals surface area contributed by atoms with Crippen LogP contribution in [0, 0.1) is 0 Å². The maximum atomic E-state index is 5.90. The van der Waals surface area contributed by atoms with Crippen molar-refractivity contribution in [2.24, 2.45) is 4.99 Å². The van der Waals surface area contributed by atoms with Crippen LogP contribution in [-0.4, -0.2) is 38.0 Å². The summed E-state index contributed by atoms with van der Waals surface area (Å²) in [5.74, 6) is 0.936. The molecule has 0 aliphatic carbocycles. The third kappa shape index (κ3) is 7.10. The van der Waals surface area contributed by atoms with Crippen LogP contribution in [0.15, 0.2) is 46.8 Å². The van der Waals surface area contributed by atoms with Gasteiger partial charge in [-0.3, -0.25) is 4.99 Å². The van der Waals surface area contributed by atoms with Gasteiger partial charge in [-0.25, -0.2) is 0 Å². The molecule has 0 unspecified atom stereocenters. The smallest absolute Gasteiger partial charge is 0.193 e. The fraction of sp³-hybridized carbons (Fsp3) is 0.353. The zero-order valence-electron chi connectivity index (χ0n) is 13.5. The fourth-order valence-corrected chi connectivity index (χ4v) is 3.02. The minimum Gasteiger partial charge on any atom is -0.356 e. The Bertz CT molecular complexity index is 584. The zero-order valence-corrected chi connectivity index (χ0v) is 17.4. The van der Waals surface area contributed by atoms with Gasteiger partial charge in [0.05, 0.1) is 0 Å². The summed E-state index contributed by atoms with van der Waals surface area (Å²) in [4.78, 5) is 7.92. The third-order valence-electron chi connectivity index (χ3n) is 3.46. The number of hydrogen-bond donors (Lipinski definition) is 1. The summed E-state index contributed by atoms with van der Waals surface area (Å²) >= 11 is 7.70. The highest BCUT2D eigenvalue weighted by Gasteiger charge is 2.06. The van der Waals surface area contributed by atoms with Gasteiger partial charge in [0, 0.05) is 37.1 Å². The molecular weight excluding hydrogens is 441 g/mol. The molecule has 6 heteroatoms. The second-order valence-electron chi connectivity index (χ2n) is 5.10. The molecule has 2 rings (SSSR count). The molecule has 0 atom stereocenters. The number of benzene rings is 1. The van der Waals surface area contributed by atoms with Gasteiger partial charge in [-0.2, -0.15) is 0 Å². The molecule has 0 bridgehead atoms. The molecule has 126 valence electrons. The predicted molar refractivity (Wildman–Crippen MR) is 113 cm³/mol. The van der Waals surface area contributed by atoms with Crippen molar-refractivity contribution in [2.75, 3.05) is 27.2 Å². The molecule has 1 aromatic carbocycles. The molecule has 0 saturated heterocycles. The highest BCUT2D eigenvalue weighted by Crippen LogP contribution is 2.10. The average molecular weight is 464 g/mol. The molecule has 1 heterocycles. The third-order valence-corrected chi connectivity index (χ3v) is 4.65. The van der Waals surface area contributed by atoms with Crippen LogP contribution in [-0.2, 0) is 12.8 Å². The van der Waals surface area contributed by atoms with Gasteiger partial charge in [0.15, 0.2) is 5.96 Å². The summed E-state index contributed by atoms with van der Waals surface area (Å²) in [6, 6.07) is 12.3. The lowest BCUT2D eigenvalue weighted by molar-refractivity contribution is 0.487. The molecule has 0 amide bonds. The molecule has 0 aliphatic heterocycles. The first-order valence-corrected chi connectivity index (χ1v) is 8.63. The van der Waals surface area contributed by atoms with Crippen LogP contribution in [0.1, 0.15) is 10.4 Å². The van der Waals surface area contributed by atoms with Crippen LogP contribution in [0.4, 0.5) is 0 Å². The number of hydrogen-bond acceptors (Lipinski definition) is 2. The summed E-state index contributed by atoms with van der Waals surface area (Å²) in [6.45, 7) is 1.82. The van der Waals surface area contributed by atoms with E-state index in [1.807, 2.05) is 19.2 Å². The monoisotopic (exact) mass is 463 g/mol. The predicted octanol–water partition coefficient (Wildman–Crippen LogP) is 4.31. The van der Waals surface area contributed by atoms with E-state index in [4.69, 9.17) is 11.6 Å². The maximum absolute atomic E-state index is 5.90. The zero-order chi connectivity index (χ0) is 15.8. The van der Waals surface area contributed by atoms with Gasteiger partial charge in [-0.15, -0.1) is 35.3 Å². The Morgan fingerprint density at radius 3 is 2.57 bits per heavy atom. The van der Waals surface area contributed by atoms with E-state index in [2.05, 4.69) is 51.9 Å². The molecular formula is C17H23ClIN3S. The van der Waals surface area contributed by atoms with Crippen molar-refractivity contribution < 1.29 is 0 Å².